The van der Waals surface area contributed by atoms with E-state index in [2.05, 4.69) is 17.9 Å². The summed E-state index contributed by atoms with van der Waals surface area (Å²) in [5.74, 6) is -0.874. The average molecular weight is 304 g/mol. The number of carbonyl (C=O) groups excluding carboxylic acids is 2. The van der Waals surface area contributed by atoms with Crippen molar-refractivity contribution in [1.82, 2.24) is 0 Å². The Morgan fingerprint density at radius 3 is 1.48 bits per heavy atom. The Kier molecular flexibility index (Phi) is 18.8. The van der Waals surface area contributed by atoms with E-state index in [0.29, 0.717) is 39.3 Å². The molecular formula is C14H24O7. The molecule has 2 N–H and O–H groups in total. The zero-order valence-electron chi connectivity index (χ0n) is 12.2. The monoisotopic (exact) mass is 304 g/mol. The molecule has 0 aromatic heterocycles. The molecule has 0 heterocycles. The first-order valence-corrected chi connectivity index (χ1v) is 6.50. The van der Waals surface area contributed by atoms with Crippen molar-refractivity contribution in [3.8, 4) is 0 Å². The van der Waals surface area contributed by atoms with E-state index in [9.17, 15) is 9.59 Å². The van der Waals surface area contributed by atoms with Crippen molar-refractivity contribution in [2.24, 2.45) is 0 Å². The molecule has 0 aromatic carbocycles. The third-order valence-corrected chi connectivity index (χ3v) is 1.83. The van der Waals surface area contributed by atoms with Crippen molar-refractivity contribution < 1.29 is 34.0 Å². The minimum Gasteiger partial charge on any atom is -0.463 e. The minimum atomic E-state index is -0.437. The summed E-state index contributed by atoms with van der Waals surface area (Å²) in [7, 11) is 0. The van der Waals surface area contributed by atoms with Crippen LogP contribution < -0.4 is 0 Å². The van der Waals surface area contributed by atoms with Gasteiger partial charge >= 0.3 is 11.9 Å². The zero-order chi connectivity index (χ0) is 16.3. The van der Waals surface area contributed by atoms with Crippen LogP contribution in [0.4, 0.5) is 0 Å². The third kappa shape index (κ3) is 20.8. The lowest BCUT2D eigenvalue weighted by molar-refractivity contribution is -0.140. The van der Waals surface area contributed by atoms with Crippen molar-refractivity contribution in [2.75, 3.05) is 39.6 Å². The fourth-order valence-electron chi connectivity index (χ4n) is 0.899. The first kappa shape index (κ1) is 21.6. The number of rotatable bonds is 11. The van der Waals surface area contributed by atoms with Crippen molar-refractivity contribution in [3.63, 3.8) is 0 Å². The molecule has 7 nitrogen and oxygen atoms in total. The van der Waals surface area contributed by atoms with Crippen LogP contribution >= 0.6 is 0 Å². The van der Waals surface area contributed by atoms with E-state index >= 15 is 0 Å². The summed E-state index contributed by atoms with van der Waals surface area (Å²) in [4.78, 5) is 21.1. The van der Waals surface area contributed by atoms with Crippen LogP contribution in [-0.4, -0.2) is 61.8 Å². The van der Waals surface area contributed by atoms with Gasteiger partial charge in [-0.25, -0.2) is 9.59 Å². The van der Waals surface area contributed by atoms with Crippen LogP contribution in [0.15, 0.2) is 25.3 Å². The second kappa shape index (κ2) is 18.3. The number of esters is 2. The molecule has 122 valence electrons. The Bertz CT molecular complexity index is 261. The molecule has 0 unspecified atom stereocenters. The standard InChI is InChI=1S/C10H14O4.C4H10O3/c1-3-9(11)13-7-5-6-8-14-10(12)4-2;5-1-3-7-4-2-6/h3-4H,1-2,5-8H2;5-6H,1-4H2. The summed E-state index contributed by atoms with van der Waals surface area (Å²) in [5, 5.41) is 16.2. The first-order valence-electron chi connectivity index (χ1n) is 6.50. The highest BCUT2D eigenvalue weighted by Gasteiger charge is 1.97. The second-order valence-corrected chi connectivity index (χ2v) is 3.51. The van der Waals surface area contributed by atoms with Gasteiger partial charge in [0.05, 0.1) is 39.6 Å². The van der Waals surface area contributed by atoms with E-state index in [1.54, 1.807) is 0 Å². The molecule has 0 amide bonds. The molecule has 0 fully saturated rings. The first-order chi connectivity index (χ1) is 10.1. The van der Waals surface area contributed by atoms with Crippen LogP contribution in [0.2, 0.25) is 0 Å². The molecule has 0 spiro atoms. The maximum atomic E-state index is 10.6. The Labute approximate surface area is 124 Å². The quantitative estimate of drug-likeness (QED) is 0.319. The molecule has 0 radical (unpaired) electrons. The second-order valence-electron chi connectivity index (χ2n) is 3.51. The highest BCUT2D eigenvalue weighted by molar-refractivity contribution is 5.81. The van der Waals surface area contributed by atoms with Crippen LogP contribution in [0, 0.1) is 0 Å². The molecule has 0 aliphatic carbocycles. The van der Waals surface area contributed by atoms with E-state index in [1.165, 1.54) is 0 Å². The molecular weight excluding hydrogens is 280 g/mol. The Hall–Kier alpha value is -1.70. The highest BCUT2D eigenvalue weighted by atomic mass is 16.5. The number of unbranched alkanes of at least 4 members (excludes halogenated alkanes) is 1. The van der Waals surface area contributed by atoms with E-state index in [0.717, 1.165) is 12.2 Å². The largest absolute Gasteiger partial charge is 0.463 e. The van der Waals surface area contributed by atoms with Crippen LogP contribution in [0.1, 0.15) is 12.8 Å². The molecule has 0 saturated heterocycles. The van der Waals surface area contributed by atoms with Gasteiger partial charge in [0.15, 0.2) is 0 Å². The highest BCUT2D eigenvalue weighted by Crippen LogP contribution is 1.93. The molecule has 21 heavy (non-hydrogen) atoms. The van der Waals surface area contributed by atoms with Crippen LogP contribution in [0.25, 0.3) is 0 Å². The number of hydrogen-bond acceptors (Lipinski definition) is 7. The van der Waals surface area contributed by atoms with Crippen LogP contribution in [0.3, 0.4) is 0 Å². The van der Waals surface area contributed by atoms with Gasteiger partial charge in [0.25, 0.3) is 0 Å². The maximum absolute atomic E-state index is 10.6. The normalized spacial score (nSPS) is 9.05. The number of ether oxygens (including phenoxy) is 3. The lowest BCUT2D eigenvalue weighted by Crippen LogP contribution is -2.05. The smallest absolute Gasteiger partial charge is 0.330 e. The molecule has 7 heteroatoms. The lowest BCUT2D eigenvalue weighted by atomic mass is 10.3. The summed E-state index contributed by atoms with van der Waals surface area (Å²) < 4.78 is 14.0. The zero-order valence-corrected chi connectivity index (χ0v) is 12.2. The summed E-state index contributed by atoms with van der Waals surface area (Å²) in [6.07, 6.45) is 3.53. The SMILES string of the molecule is C=CC(=O)OCCCCOC(=O)C=C.OCCOCCO. The van der Waals surface area contributed by atoms with Gasteiger partial charge in [-0.2, -0.15) is 0 Å². The van der Waals surface area contributed by atoms with E-state index in [-0.39, 0.29) is 13.2 Å². The molecule has 0 aliphatic rings. The lowest BCUT2D eigenvalue weighted by Gasteiger charge is -2.02. The van der Waals surface area contributed by atoms with Gasteiger partial charge in [0.1, 0.15) is 0 Å². The fourth-order valence-corrected chi connectivity index (χ4v) is 0.899. The van der Waals surface area contributed by atoms with Gasteiger partial charge in [0, 0.05) is 12.2 Å². The summed E-state index contributed by atoms with van der Waals surface area (Å²) >= 11 is 0. The molecule has 0 saturated carbocycles. The van der Waals surface area contributed by atoms with E-state index < -0.39 is 11.9 Å². The Morgan fingerprint density at radius 2 is 1.19 bits per heavy atom. The van der Waals surface area contributed by atoms with Crippen molar-refractivity contribution in [3.05, 3.63) is 25.3 Å². The Balaban J connectivity index is 0. The maximum Gasteiger partial charge on any atom is 0.330 e. The van der Waals surface area contributed by atoms with Gasteiger partial charge in [-0.15, -0.1) is 0 Å². The van der Waals surface area contributed by atoms with Gasteiger partial charge in [-0.05, 0) is 12.8 Å². The number of hydrogen-bond donors (Lipinski definition) is 2. The van der Waals surface area contributed by atoms with Gasteiger partial charge in [-0.1, -0.05) is 13.2 Å². The topological polar surface area (TPSA) is 102 Å². The van der Waals surface area contributed by atoms with Crippen molar-refractivity contribution in [1.29, 1.82) is 0 Å². The van der Waals surface area contributed by atoms with Crippen LogP contribution in [-0.2, 0) is 23.8 Å². The number of carbonyl (C=O) groups is 2. The van der Waals surface area contributed by atoms with E-state index in [1.807, 2.05) is 0 Å². The molecule has 0 rings (SSSR count). The molecule has 0 aromatic rings. The van der Waals surface area contributed by atoms with Gasteiger partial charge < -0.3 is 24.4 Å². The number of aliphatic hydroxyl groups is 2. The predicted octanol–water partition coefficient (Wildman–Crippen LogP) is 0.213. The minimum absolute atomic E-state index is 0.0278. The van der Waals surface area contributed by atoms with Crippen molar-refractivity contribution in [2.45, 2.75) is 12.8 Å². The summed E-state index contributed by atoms with van der Waals surface area (Å²) in [5.41, 5.74) is 0. The molecule has 0 aliphatic heterocycles. The molecule has 0 atom stereocenters. The van der Waals surface area contributed by atoms with E-state index in [4.69, 9.17) is 19.7 Å². The third-order valence-electron chi connectivity index (χ3n) is 1.83. The van der Waals surface area contributed by atoms with Gasteiger partial charge in [-0.3, -0.25) is 0 Å². The fraction of sp³-hybridized carbons (Fsp3) is 0.571. The predicted molar refractivity (Wildman–Crippen MR) is 76.5 cm³/mol. The Morgan fingerprint density at radius 1 is 0.810 bits per heavy atom. The average Bonchev–Trinajstić information content (AvgIpc) is 2.51. The van der Waals surface area contributed by atoms with Crippen molar-refractivity contribution >= 4 is 11.9 Å². The van der Waals surface area contributed by atoms with Crippen LogP contribution in [0.5, 0.6) is 0 Å². The summed E-state index contributed by atoms with van der Waals surface area (Å²) in [6, 6.07) is 0. The summed E-state index contributed by atoms with van der Waals surface area (Å²) in [6.45, 7) is 7.84. The molecule has 0 bridgehead atoms. The van der Waals surface area contributed by atoms with Gasteiger partial charge in [0.2, 0.25) is 0 Å². The number of aliphatic hydroxyl groups excluding tert-OH is 2.